The number of nitrogens with zero attached hydrogens (tertiary/aromatic N) is 2. The summed E-state index contributed by atoms with van der Waals surface area (Å²) in [5.41, 5.74) is 1.77. The minimum Gasteiger partial charge on any atom is -0.373 e. The number of aryl methyl sites for hydroxylation is 1. The molecule has 0 aliphatic carbocycles. The molecule has 112 valence electrons. The van der Waals surface area contributed by atoms with Crippen molar-refractivity contribution in [1.82, 2.24) is 9.88 Å². The van der Waals surface area contributed by atoms with E-state index in [1.165, 1.54) is 0 Å². The summed E-state index contributed by atoms with van der Waals surface area (Å²) in [5, 5.41) is 3.03. The minimum atomic E-state index is 0.0520. The molecule has 1 heterocycles. The summed E-state index contributed by atoms with van der Waals surface area (Å²) in [5.74, 6) is 0.805. The van der Waals surface area contributed by atoms with Crippen LogP contribution in [0, 0.1) is 5.41 Å². The maximum atomic E-state index is 12.5. The van der Waals surface area contributed by atoms with Crippen molar-refractivity contribution in [2.45, 2.75) is 40.5 Å². The number of hydrogen-bond donors (Lipinski definition) is 1. The monoisotopic (exact) mass is 277 g/mol. The number of carbonyl (C=O) groups excluding carboxylic acids is 1. The lowest BCUT2D eigenvalue weighted by Gasteiger charge is -2.26. The fourth-order valence-corrected chi connectivity index (χ4v) is 2.23. The molecule has 0 bridgehead atoms. The van der Waals surface area contributed by atoms with Crippen LogP contribution in [0.25, 0.3) is 0 Å². The van der Waals surface area contributed by atoms with Crippen molar-refractivity contribution in [1.29, 1.82) is 0 Å². The Balaban J connectivity index is 2.99. The van der Waals surface area contributed by atoms with Gasteiger partial charge in [0.25, 0.3) is 5.91 Å². The first-order valence-corrected chi connectivity index (χ1v) is 7.21. The molecule has 0 spiro atoms. The van der Waals surface area contributed by atoms with Crippen molar-refractivity contribution in [3.63, 3.8) is 0 Å². The number of anilines is 1. The maximum absolute atomic E-state index is 12.5. The van der Waals surface area contributed by atoms with Crippen molar-refractivity contribution >= 4 is 11.7 Å². The van der Waals surface area contributed by atoms with Gasteiger partial charge in [-0.05, 0) is 24.0 Å². The van der Waals surface area contributed by atoms with Gasteiger partial charge in [0.05, 0.1) is 0 Å². The first-order chi connectivity index (χ1) is 9.26. The van der Waals surface area contributed by atoms with Gasteiger partial charge in [-0.15, -0.1) is 0 Å². The highest BCUT2D eigenvalue weighted by molar-refractivity contribution is 5.94. The minimum absolute atomic E-state index is 0.0520. The zero-order valence-corrected chi connectivity index (χ0v) is 13.6. The van der Waals surface area contributed by atoms with Crippen molar-refractivity contribution in [3.05, 3.63) is 23.4 Å². The van der Waals surface area contributed by atoms with Crippen LogP contribution in [0.2, 0.25) is 0 Å². The smallest absolute Gasteiger partial charge is 0.253 e. The molecule has 0 atom stereocenters. The molecule has 1 N–H and O–H groups in total. The summed E-state index contributed by atoms with van der Waals surface area (Å²) < 4.78 is 0. The molecule has 0 saturated carbocycles. The molecular formula is C16H27N3O. The molecule has 0 aliphatic rings. The highest BCUT2D eigenvalue weighted by Gasteiger charge is 2.19. The van der Waals surface area contributed by atoms with Crippen LogP contribution in [-0.4, -0.2) is 36.4 Å². The van der Waals surface area contributed by atoms with Gasteiger partial charge >= 0.3 is 0 Å². The number of pyridine rings is 1. The number of aromatic nitrogens is 1. The van der Waals surface area contributed by atoms with Crippen LogP contribution < -0.4 is 5.32 Å². The van der Waals surface area contributed by atoms with Crippen LogP contribution in [0.15, 0.2) is 12.1 Å². The standard InChI is InChI=1S/C16H27N3O/c1-7-8-13-9-12(10-14(17-5)18-13)15(20)19(6)11-16(2,3)4/h9-10H,7-8,11H2,1-6H3,(H,17,18). The molecule has 0 unspecified atom stereocenters. The van der Waals surface area contributed by atoms with Crippen LogP contribution in [0.4, 0.5) is 5.82 Å². The first-order valence-electron chi connectivity index (χ1n) is 7.21. The van der Waals surface area contributed by atoms with E-state index < -0.39 is 0 Å². The Bertz CT molecular complexity index is 463. The summed E-state index contributed by atoms with van der Waals surface area (Å²) in [6.07, 6.45) is 1.91. The molecule has 1 amide bonds. The molecule has 1 aromatic rings. The van der Waals surface area contributed by atoms with E-state index in [1.54, 1.807) is 4.90 Å². The van der Waals surface area contributed by atoms with E-state index in [2.05, 4.69) is 38.0 Å². The Morgan fingerprint density at radius 3 is 2.50 bits per heavy atom. The SMILES string of the molecule is CCCc1cc(C(=O)N(C)CC(C)(C)C)cc(NC)n1. The fraction of sp³-hybridized carbons (Fsp3) is 0.625. The fourth-order valence-electron chi connectivity index (χ4n) is 2.23. The van der Waals surface area contributed by atoms with Crippen LogP contribution >= 0.6 is 0 Å². The number of hydrogen-bond acceptors (Lipinski definition) is 3. The van der Waals surface area contributed by atoms with E-state index in [-0.39, 0.29) is 11.3 Å². The van der Waals surface area contributed by atoms with Crippen LogP contribution in [0.3, 0.4) is 0 Å². The molecule has 1 rings (SSSR count). The maximum Gasteiger partial charge on any atom is 0.253 e. The second-order valence-electron chi connectivity index (χ2n) is 6.45. The lowest BCUT2D eigenvalue weighted by Crippen LogP contribution is -2.34. The summed E-state index contributed by atoms with van der Waals surface area (Å²) in [6, 6.07) is 3.73. The highest BCUT2D eigenvalue weighted by Crippen LogP contribution is 2.18. The van der Waals surface area contributed by atoms with E-state index in [0.29, 0.717) is 5.56 Å². The normalized spacial score (nSPS) is 11.3. The summed E-state index contributed by atoms with van der Waals surface area (Å²) in [6.45, 7) is 9.23. The third-order valence-electron chi connectivity index (χ3n) is 2.95. The summed E-state index contributed by atoms with van der Waals surface area (Å²) in [4.78, 5) is 18.8. The van der Waals surface area contributed by atoms with Gasteiger partial charge in [-0.2, -0.15) is 0 Å². The van der Waals surface area contributed by atoms with Gasteiger partial charge in [0.2, 0.25) is 0 Å². The van der Waals surface area contributed by atoms with Crippen molar-refractivity contribution < 1.29 is 4.79 Å². The third kappa shape index (κ3) is 4.83. The van der Waals surface area contributed by atoms with Crippen molar-refractivity contribution in [3.8, 4) is 0 Å². The van der Waals surface area contributed by atoms with E-state index in [9.17, 15) is 4.79 Å². The number of nitrogens with one attached hydrogen (secondary N) is 1. The highest BCUT2D eigenvalue weighted by atomic mass is 16.2. The van der Waals surface area contributed by atoms with Crippen molar-refractivity contribution in [2.75, 3.05) is 26.0 Å². The summed E-state index contributed by atoms with van der Waals surface area (Å²) >= 11 is 0. The molecule has 20 heavy (non-hydrogen) atoms. The number of rotatable bonds is 5. The van der Waals surface area contributed by atoms with Crippen LogP contribution in [0.1, 0.15) is 50.2 Å². The van der Waals surface area contributed by atoms with Gasteiger partial charge in [0.15, 0.2) is 0 Å². The molecule has 1 aromatic heterocycles. The topological polar surface area (TPSA) is 45.2 Å². The second-order valence-corrected chi connectivity index (χ2v) is 6.45. The molecule has 0 radical (unpaired) electrons. The van der Waals surface area contributed by atoms with E-state index in [4.69, 9.17) is 0 Å². The van der Waals surface area contributed by atoms with Gasteiger partial charge in [-0.25, -0.2) is 4.98 Å². The third-order valence-corrected chi connectivity index (χ3v) is 2.95. The zero-order chi connectivity index (χ0) is 15.3. The second kappa shape index (κ2) is 6.73. The predicted octanol–water partition coefficient (Wildman–Crippen LogP) is 3.19. The lowest BCUT2D eigenvalue weighted by molar-refractivity contribution is 0.0745. The quantitative estimate of drug-likeness (QED) is 0.899. The summed E-state index contributed by atoms with van der Waals surface area (Å²) in [7, 11) is 3.68. The van der Waals surface area contributed by atoms with E-state index in [1.807, 2.05) is 26.2 Å². The average Bonchev–Trinajstić information content (AvgIpc) is 2.35. The molecule has 4 heteroatoms. The van der Waals surface area contributed by atoms with Gasteiger partial charge < -0.3 is 10.2 Å². The Labute approximate surface area is 122 Å². The van der Waals surface area contributed by atoms with Crippen molar-refractivity contribution in [2.24, 2.45) is 5.41 Å². The molecular weight excluding hydrogens is 250 g/mol. The van der Waals surface area contributed by atoms with E-state index in [0.717, 1.165) is 30.9 Å². The molecule has 0 aromatic carbocycles. The average molecular weight is 277 g/mol. The largest absolute Gasteiger partial charge is 0.373 e. The Morgan fingerprint density at radius 1 is 1.35 bits per heavy atom. The molecule has 0 fully saturated rings. The predicted molar refractivity (Wildman–Crippen MR) is 84.2 cm³/mol. The van der Waals surface area contributed by atoms with Gasteiger partial charge in [0, 0.05) is 31.9 Å². The molecule has 0 saturated heterocycles. The van der Waals surface area contributed by atoms with Crippen LogP contribution in [-0.2, 0) is 6.42 Å². The van der Waals surface area contributed by atoms with Gasteiger partial charge in [-0.1, -0.05) is 34.1 Å². The number of carbonyl (C=O) groups is 1. The molecule has 0 aliphatic heterocycles. The first kappa shape index (κ1) is 16.5. The van der Waals surface area contributed by atoms with E-state index >= 15 is 0 Å². The zero-order valence-electron chi connectivity index (χ0n) is 13.6. The van der Waals surface area contributed by atoms with Gasteiger partial charge in [0.1, 0.15) is 5.82 Å². The molecule has 4 nitrogen and oxygen atoms in total. The lowest BCUT2D eigenvalue weighted by atomic mass is 9.96. The van der Waals surface area contributed by atoms with Crippen LogP contribution in [0.5, 0.6) is 0 Å². The number of amides is 1. The Morgan fingerprint density at radius 2 is 2.00 bits per heavy atom. The Kier molecular flexibility index (Phi) is 5.54. The Hall–Kier alpha value is -1.58. The van der Waals surface area contributed by atoms with Gasteiger partial charge in [-0.3, -0.25) is 4.79 Å².